The van der Waals surface area contributed by atoms with E-state index in [-0.39, 0.29) is 11.5 Å². The summed E-state index contributed by atoms with van der Waals surface area (Å²) in [7, 11) is 1.53. The molecule has 0 radical (unpaired) electrons. The molecule has 1 aromatic carbocycles. The fourth-order valence-corrected chi connectivity index (χ4v) is 3.92. The number of carboxylic acids is 1. The first-order valence-corrected chi connectivity index (χ1v) is 9.52. The maximum atomic E-state index is 13.1. The molecule has 1 spiro atoms. The van der Waals surface area contributed by atoms with Gasteiger partial charge in [0.1, 0.15) is 11.1 Å². The number of carbonyl (C=O) groups excluding carboxylic acids is 2. The molecule has 3 rings (SSSR count). The average molecular weight is 405 g/mol. The van der Waals surface area contributed by atoms with Gasteiger partial charge >= 0.3 is 12.1 Å². The van der Waals surface area contributed by atoms with Crippen molar-refractivity contribution in [3.8, 4) is 0 Å². The predicted octanol–water partition coefficient (Wildman–Crippen LogP) is 1.71. The van der Waals surface area contributed by atoms with Crippen LogP contribution in [0, 0.1) is 0 Å². The molecule has 1 unspecified atom stereocenters. The van der Waals surface area contributed by atoms with E-state index in [1.165, 1.54) is 24.1 Å². The van der Waals surface area contributed by atoms with Crippen LogP contribution in [0.15, 0.2) is 24.3 Å². The second-order valence-electron chi connectivity index (χ2n) is 8.48. The summed E-state index contributed by atoms with van der Waals surface area (Å²) in [6, 6.07) is 6.05. The van der Waals surface area contributed by atoms with Gasteiger partial charge in [0.15, 0.2) is 0 Å². The van der Waals surface area contributed by atoms with Gasteiger partial charge in [-0.1, -0.05) is 0 Å². The number of benzene rings is 1. The molecule has 2 N–H and O–H groups in total. The maximum absolute atomic E-state index is 13.1. The third-order valence-corrected chi connectivity index (χ3v) is 5.39. The molecule has 1 aromatic rings. The van der Waals surface area contributed by atoms with Crippen LogP contribution in [0.5, 0.6) is 0 Å². The quantitative estimate of drug-likeness (QED) is 0.771. The standard InChI is InChI=1S/C20H27N3O6/c1-19(2,3)29-18(28)22-11-9-20(10-12-22)16(26)21(4)17(27)23(20)14-7-5-13(6-8-14)15(24)25/h5-8,17,27H,9-12H2,1-4H3,(H,24,25). The molecule has 2 amide bonds. The van der Waals surface area contributed by atoms with Gasteiger partial charge < -0.3 is 29.6 Å². The first-order valence-electron chi connectivity index (χ1n) is 9.52. The third-order valence-electron chi connectivity index (χ3n) is 5.39. The Morgan fingerprint density at radius 1 is 1.14 bits per heavy atom. The summed E-state index contributed by atoms with van der Waals surface area (Å²) in [4.78, 5) is 41.0. The largest absolute Gasteiger partial charge is 0.478 e. The van der Waals surface area contributed by atoms with E-state index in [1.54, 1.807) is 42.7 Å². The lowest BCUT2D eigenvalue weighted by molar-refractivity contribution is -0.135. The SMILES string of the molecule is CN1C(=O)C2(CCN(C(=O)OC(C)(C)C)CC2)N(c2ccc(C(=O)O)cc2)C1O. The number of likely N-dealkylation sites (N-methyl/N-ethyl adjacent to an activating group) is 1. The first kappa shape index (κ1) is 20.9. The molecule has 0 aromatic heterocycles. The van der Waals surface area contributed by atoms with Crippen LogP contribution in [0.25, 0.3) is 0 Å². The lowest BCUT2D eigenvalue weighted by Crippen LogP contribution is -2.58. The normalized spacial score (nSPS) is 21.6. The van der Waals surface area contributed by atoms with Gasteiger partial charge in [-0.15, -0.1) is 0 Å². The van der Waals surface area contributed by atoms with Crippen LogP contribution in [0.3, 0.4) is 0 Å². The van der Waals surface area contributed by atoms with E-state index in [0.29, 0.717) is 31.6 Å². The van der Waals surface area contributed by atoms with Crippen molar-refractivity contribution in [3.05, 3.63) is 29.8 Å². The molecule has 1 atom stereocenters. The minimum atomic E-state index is -1.17. The van der Waals surface area contributed by atoms with Crippen LogP contribution in [-0.2, 0) is 9.53 Å². The Labute approximate surface area is 169 Å². The minimum absolute atomic E-state index is 0.121. The summed E-state index contributed by atoms with van der Waals surface area (Å²) in [5.74, 6) is -1.27. The Hall–Kier alpha value is -2.81. The Balaban J connectivity index is 1.85. The first-order chi connectivity index (χ1) is 13.5. The van der Waals surface area contributed by atoms with Gasteiger partial charge in [0, 0.05) is 25.8 Å². The zero-order valence-corrected chi connectivity index (χ0v) is 17.1. The topological polar surface area (TPSA) is 111 Å². The molecule has 29 heavy (non-hydrogen) atoms. The minimum Gasteiger partial charge on any atom is -0.478 e. The number of carbonyl (C=O) groups is 3. The zero-order chi connectivity index (χ0) is 21.6. The van der Waals surface area contributed by atoms with Crippen LogP contribution in [-0.4, -0.2) is 75.6 Å². The summed E-state index contributed by atoms with van der Waals surface area (Å²) < 4.78 is 5.42. The molecular formula is C20H27N3O6. The van der Waals surface area contributed by atoms with Crippen molar-refractivity contribution < 1.29 is 29.3 Å². The summed E-state index contributed by atoms with van der Waals surface area (Å²) in [6.45, 7) is 6.01. The van der Waals surface area contributed by atoms with Gasteiger partial charge in [-0.25, -0.2) is 9.59 Å². The Morgan fingerprint density at radius 2 is 1.69 bits per heavy atom. The highest BCUT2D eigenvalue weighted by molar-refractivity contribution is 5.94. The van der Waals surface area contributed by atoms with Crippen molar-refractivity contribution in [1.82, 2.24) is 9.80 Å². The number of aliphatic hydroxyl groups is 1. The maximum Gasteiger partial charge on any atom is 0.410 e. The highest BCUT2D eigenvalue weighted by Gasteiger charge is 2.57. The van der Waals surface area contributed by atoms with E-state index in [9.17, 15) is 19.5 Å². The van der Waals surface area contributed by atoms with E-state index in [1.807, 2.05) is 0 Å². The molecule has 0 saturated carbocycles. The molecule has 0 aliphatic carbocycles. The van der Waals surface area contributed by atoms with E-state index in [0.717, 1.165) is 0 Å². The fraction of sp³-hybridized carbons (Fsp3) is 0.550. The molecule has 9 heteroatoms. The lowest BCUT2D eigenvalue weighted by Gasteiger charge is -2.43. The smallest absolute Gasteiger partial charge is 0.410 e. The number of aliphatic hydroxyl groups excluding tert-OH is 1. The number of rotatable bonds is 2. The average Bonchev–Trinajstić information content (AvgIpc) is 2.82. The van der Waals surface area contributed by atoms with Crippen molar-refractivity contribution in [2.75, 3.05) is 25.0 Å². The molecular weight excluding hydrogens is 378 g/mol. The van der Waals surface area contributed by atoms with Gasteiger partial charge in [-0.3, -0.25) is 4.79 Å². The number of hydrogen-bond acceptors (Lipinski definition) is 6. The van der Waals surface area contributed by atoms with Crippen molar-refractivity contribution in [3.63, 3.8) is 0 Å². The monoisotopic (exact) mass is 405 g/mol. The van der Waals surface area contributed by atoms with E-state index >= 15 is 0 Å². The fourth-order valence-electron chi connectivity index (χ4n) is 3.92. The van der Waals surface area contributed by atoms with Gasteiger partial charge in [0.05, 0.1) is 5.56 Å². The number of aromatic carboxylic acids is 1. The van der Waals surface area contributed by atoms with Gasteiger partial charge in [0.2, 0.25) is 6.35 Å². The predicted molar refractivity (Wildman–Crippen MR) is 104 cm³/mol. The third kappa shape index (κ3) is 3.74. The molecule has 2 aliphatic rings. The van der Waals surface area contributed by atoms with Gasteiger partial charge in [-0.05, 0) is 57.9 Å². The van der Waals surface area contributed by atoms with Crippen molar-refractivity contribution in [2.45, 2.75) is 51.1 Å². The Morgan fingerprint density at radius 3 is 2.17 bits per heavy atom. The number of ether oxygens (including phenoxy) is 1. The van der Waals surface area contributed by atoms with Crippen molar-refractivity contribution in [1.29, 1.82) is 0 Å². The van der Waals surface area contributed by atoms with Crippen LogP contribution in [0.1, 0.15) is 44.0 Å². The number of amides is 2. The van der Waals surface area contributed by atoms with Crippen LogP contribution in [0.2, 0.25) is 0 Å². The van der Waals surface area contributed by atoms with E-state index < -0.39 is 29.6 Å². The Bertz CT molecular complexity index is 809. The summed E-state index contributed by atoms with van der Waals surface area (Å²) >= 11 is 0. The van der Waals surface area contributed by atoms with Gasteiger partial charge in [-0.2, -0.15) is 0 Å². The second kappa shape index (κ2) is 7.22. The summed E-state index contributed by atoms with van der Waals surface area (Å²) in [5, 5.41) is 19.8. The number of hydrogen-bond donors (Lipinski definition) is 2. The summed E-state index contributed by atoms with van der Waals surface area (Å²) in [6.07, 6.45) is -0.948. The van der Waals surface area contributed by atoms with Gasteiger partial charge in [0.25, 0.3) is 5.91 Å². The van der Waals surface area contributed by atoms with E-state index in [4.69, 9.17) is 9.84 Å². The second-order valence-corrected chi connectivity index (χ2v) is 8.48. The number of anilines is 1. The molecule has 2 heterocycles. The molecule has 2 aliphatic heterocycles. The summed E-state index contributed by atoms with van der Waals surface area (Å²) in [5.41, 5.74) is -0.942. The number of carboxylic acid groups (broad SMARTS) is 1. The highest BCUT2D eigenvalue weighted by atomic mass is 16.6. The van der Waals surface area contributed by atoms with Crippen LogP contribution < -0.4 is 4.90 Å². The number of nitrogens with zero attached hydrogens (tertiary/aromatic N) is 3. The van der Waals surface area contributed by atoms with Crippen molar-refractivity contribution in [2.24, 2.45) is 0 Å². The Kier molecular flexibility index (Phi) is 5.20. The molecule has 0 bridgehead atoms. The number of piperidine rings is 1. The molecule has 2 saturated heterocycles. The van der Waals surface area contributed by atoms with Crippen molar-refractivity contribution >= 4 is 23.7 Å². The number of likely N-dealkylation sites (tertiary alicyclic amines) is 1. The zero-order valence-electron chi connectivity index (χ0n) is 17.1. The molecule has 2 fully saturated rings. The molecule has 158 valence electrons. The highest BCUT2D eigenvalue weighted by Crippen LogP contribution is 2.41. The van der Waals surface area contributed by atoms with Crippen LogP contribution >= 0.6 is 0 Å². The van der Waals surface area contributed by atoms with Crippen LogP contribution in [0.4, 0.5) is 10.5 Å². The lowest BCUT2D eigenvalue weighted by atomic mass is 9.85. The van der Waals surface area contributed by atoms with E-state index in [2.05, 4.69) is 0 Å². The molecule has 9 nitrogen and oxygen atoms in total.